The molecule has 2 aromatic heterocycles. The van der Waals surface area contributed by atoms with Crippen molar-refractivity contribution in [2.45, 2.75) is 32.4 Å². The number of aromatic nitrogens is 2. The zero-order chi connectivity index (χ0) is 19.8. The number of benzene rings is 1. The number of hydrogen-bond acceptors (Lipinski definition) is 6. The van der Waals surface area contributed by atoms with E-state index in [0.29, 0.717) is 11.0 Å². The van der Waals surface area contributed by atoms with E-state index in [1.54, 1.807) is 31.2 Å². The molecular formula is C20H17N3O5. The molecule has 0 spiro atoms. The van der Waals surface area contributed by atoms with Crippen LogP contribution >= 0.6 is 0 Å². The third-order valence-electron chi connectivity index (χ3n) is 4.71. The van der Waals surface area contributed by atoms with E-state index in [2.05, 4.69) is 0 Å². The molecule has 1 fully saturated rings. The molecule has 8 nitrogen and oxygen atoms in total. The second-order valence-corrected chi connectivity index (χ2v) is 6.58. The summed E-state index contributed by atoms with van der Waals surface area (Å²) in [5.41, 5.74) is -0.724. The lowest BCUT2D eigenvalue weighted by Crippen LogP contribution is -2.41. The lowest BCUT2D eigenvalue weighted by Gasteiger charge is -2.10. The summed E-state index contributed by atoms with van der Waals surface area (Å²) in [6, 6.07) is 8.75. The van der Waals surface area contributed by atoms with E-state index in [0.717, 1.165) is 17.4 Å². The van der Waals surface area contributed by atoms with Gasteiger partial charge in [0.1, 0.15) is 28.5 Å². The van der Waals surface area contributed by atoms with E-state index in [1.165, 1.54) is 10.8 Å². The van der Waals surface area contributed by atoms with Crippen molar-refractivity contribution in [1.82, 2.24) is 9.13 Å². The maximum absolute atomic E-state index is 12.8. The molecule has 2 heterocycles. The van der Waals surface area contributed by atoms with E-state index in [4.69, 9.17) is 9.15 Å². The number of nitrogens with zero attached hydrogens (tertiary/aromatic N) is 3. The van der Waals surface area contributed by atoms with Crippen molar-refractivity contribution in [3.63, 3.8) is 0 Å². The molecule has 0 bridgehead atoms. The van der Waals surface area contributed by atoms with Gasteiger partial charge in [0, 0.05) is 17.6 Å². The van der Waals surface area contributed by atoms with Gasteiger partial charge in [0.25, 0.3) is 5.56 Å². The summed E-state index contributed by atoms with van der Waals surface area (Å²) in [5, 5.41) is 9.82. The van der Waals surface area contributed by atoms with Gasteiger partial charge in [-0.3, -0.25) is 13.9 Å². The number of furan rings is 1. The molecule has 0 atom stereocenters. The van der Waals surface area contributed by atoms with Crippen LogP contribution in [0, 0.1) is 11.3 Å². The van der Waals surface area contributed by atoms with Crippen LogP contribution in [0.4, 0.5) is 0 Å². The highest BCUT2D eigenvalue weighted by atomic mass is 16.5. The zero-order valence-electron chi connectivity index (χ0n) is 15.2. The average Bonchev–Trinajstić information content (AvgIpc) is 3.45. The molecule has 0 unspecified atom stereocenters. The molecule has 1 aromatic carbocycles. The quantitative estimate of drug-likeness (QED) is 0.629. The maximum Gasteiger partial charge on any atom is 0.342 e. The fourth-order valence-electron chi connectivity index (χ4n) is 3.23. The average molecular weight is 379 g/mol. The van der Waals surface area contributed by atoms with E-state index in [-0.39, 0.29) is 36.1 Å². The molecule has 0 amide bonds. The van der Waals surface area contributed by atoms with Crippen LogP contribution < -0.4 is 11.2 Å². The molecule has 1 saturated carbocycles. The number of esters is 1. The number of nitriles is 1. The van der Waals surface area contributed by atoms with Crippen molar-refractivity contribution in [3.05, 3.63) is 68.2 Å². The molecule has 0 aliphatic heterocycles. The van der Waals surface area contributed by atoms with Gasteiger partial charge in [-0.1, -0.05) is 18.2 Å². The van der Waals surface area contributed by atoms with Crippen molar-refractivity contribution in [1.29, 1.82) is 5.26 Å². The van der Waals surface area contributed by atoms with Crippen molar-refractivity contribution in [3.8, 4) is 6.07 Å². The largest absolute Gasteiger partial charge is 0.462 e. The van der Waals surface area contributed by atoms with Crippen LogP contribution in [-0.4, -0.2) is 21.7 Å². The van der Waals surface area contributed by atoms with Crippen LogP contribution in [0.5, 0.6) is 0 Å². The van der Waals surface area contributed by atoms with Gasteiger partial charge in [-0.25, -0.2) is 9.59 Å². The zero-order valence-corrected chi connectivity index (χ0v) is 15.2. The molecule has 3 aromatic rings. The first kappa shape index (κ1) is 17.8. The number of fused-ring (bicyclic) bond motifs is 1. The second-order valence-electron chi connectivity index (χ2n) is 6.58. The summed E-state index contributed by atoms with van der Waals surface area (Å²) in [4.78, 5) is 37.9. The normalized spacial score (nSPS) is 13.4. The van der Waals surface area contributed by atoms with Gasteiger partial charge in [0.15, 0.2) is 0 Å². The van der Waals surface area contributed by atoms with Crippen LogP contribution in [0.3, 0.4) is 0 Å². The fraction of sp³-hybridized carbons (Fsp3) is 0.300. The van der Waals surface area contributed by atoms with E-state index < -0.39 is 17.2 Å². The van der Waals surface area contributed by atoms with Crippen LogP contribution in [0.15, 0.2) is 44.5 Å². The highest BCUT2D eigenvalue weighted by Gasteiger charge is 2.28. The van der Waals surface area contributed by atoms with E-state index in [1.807, 2.05) is 6.07 Å². The second kappa shape index (κ2) is 6.85. The number of para-hydroxylation sites is 1. The van der Waals surface area contributed by atoms with E-state index in [9.17, 15) is 19.6 Å². The Morgan fingerprint density at radius 3 is 2.75 bits per heavy atom. The monoisotopic (exact) mass is 379 g/mol. The minimum atomic E-state index is -0.709. The Hall–Kier alpha value is -3.60. The topological polar surface area (TPSA) is 107 Å². The number of carbonyl (C=O) groups excluding carboxylic acids is 1. The maximum atomic E-state index is 12.8. The molecule has 0 radical (unpaired) electrons. The summed E-state index contributed by atoms with van der Waals surface area (Å²) in [6.45, 7) is 1.61. The first-order chi connectivity index (χ1) is 13.5. The van der Waals surface area contributed by atoms with Gasteiger partial charge >= 0.3 is 11.7 Å². The van der Waals surface area contributed by atoms with Crippen molar-refractivity contribution in [2.75, 3.05) is 6.61 Å². The fourth-order valence-corrected chi connectivity index (χ4v) is 3.23. The Balaban J connectivity index is 1.90. The van der Waals surface area contributed by atoms with Crippen LogP contribution in [0.1, 0.15) is 47.5 Å². The minimum Gasteiger partial charge on any atom is -0.462 e. The molecular weight excluding hydrogens is 362 g/mol. The Kier molecular flexibility index (Phi) is 4.35. The molecule has 1 aliphatic carbocycles. The Morgan fingerprint density at radius 2 is 2.07 bits per heavy atom. The van der Waals surface area contributed by atoms with Crippen LogP contribution in [0.25, 0.3) is 11.0 Å². The van der Waals surface area contributed by atoms with Gasteiger partial charge in [-0.15, -0.1) is 0 Å². The number of hydrogen-bond donors (Lipinski definition) is 0. The SMILES string of the molecule is CCOC(=O)c1c(Cn2c(=O)c(C#N)cn(C3CC3)c2=O)oc2ccccc12. The highest BCUT2D eigenvalue weighted by molar-refractivity contribution is 6.04. The molecule has 28 heavy (non-hydrogen) atoms. The van der Waals surface area contributed by atoms with Gasteiger partial charge < -0.3 is 9.15 Å². The molecule has 4 rings (SSSR count). The van der Waals surface area contributed by atoms with Gasteiger partial charge in [0.2, 0.25) is 0 Å². The summed E-state index contributed by atoms with van der Waals surface area (Å²) in [7, 11) is 0. The minimum absolute atomic E-state index is 0.00773. The number of rotatable bonds is 5. The van der Waals surface area contributed by atoms with Crippen molar-refractivity contribution < 1.29 is 13.9 Å². The summed E-state index contributed by atoms with van der Waals surface area (Å²) in [5.74, 6) is -0.439. The Morgan fingerprint density at radius 1 is 1.32 bits per heavy atom. The van der Waals surface area contributed by atoms with Crippen LogP contribution in [0.2, 0.25) is 0 Å². The van der Waals surface area contributed by atoms with Crippen molar-refractivity contribution in [2.24, 2.45) is 0 Å². The Labute approximate surface area is 159 Å². The predicted molar refractivity (Wildman–Crippen MR) is 99.2 cm³/mol. The molecule has 8 heteroatoms. The molecule has 142 valence electrons. The van der Waals surface area contributed by atoms with Crippen molar-refractivity contribution >= 4 is 16.9 Å². The third kappa shape index (κ3) is 2.91. The first-order valence-electron chi connectivity index (χ1n) is 8.98. The summed E-state index contributed by atoms with van der Waals surface area (Å²) in [6.07, 6.45) is 2.95. The van der Waals surface area contributed by atoms with Crippen LogP contribution in [-0.2, 0) is 11.3 Å². The molecule has 1 aliphatic rings. The number of carbonyl (C=O) groups is 1. The summed E-state index contributed by atoms with van der Waals surface area (Å²) < 4.78 is 13.3. The Bertz CT molecular complexity index is 1240. The first-order valence-corrected chi connectivity index (χ1v) is 8.98. The van der Waals surface area contributed by atoms with Gasteiger partial charge in [-0.2, -0.15) is 5.26 Å². The van der Waals surface area contributed by atoms with E-state index >= 15 is 0 Å². The lowest BCUT2D eigenvalue weighted by molar-refractivity contribution is 0.0525. The summed E-state index contributed by atoms with van der Waals surface area (Å²) >= 11 is 0. The van der Waals surface area contributed by atoms with Gasteiger partial charge in [-0.05, 0) is 25.8 Å². The standard InChI is InChI=1S/C20H17N3O5/c1-2-27-19(25)17-14-5-3-4-6-15(14)28-16(17)11-23-18(24)12(9-21)10-22(20(23)26)13-7-8-13/h3-6,10,13H,2,7-8,11H2,1H3. The van der Waals surface area contributed by atoms with Gasteiger partial charge in [0.05, 0.1) is 13.2 Å². The number of ether oxygens (including phenoxy) is 1. The highest BCUT2D eigenvalue weighted by Crippen LogP contribution is 2.33. The smallest absolute Gasteiger partial charge is 0.342 e. The third-order valence-corrected chi connectivity index (χ3v) is 4.71. The predicted octanol–water partition coefficient (Wildman–Crippen LogP) is 2.19. The molecule has 0 N–H and O–H groups in total. The molecule has 0 saturated heterocycles. The lowest BCUT2D eigenvalue weighted by atomic mass is 10.1.